The zero-order valence-electron chi connectivity index (χ0n) is 13.6. The van der Waals surface area contributed by atoms with Gasteiger partial charge in [-0.25, -0.2) is 4.98 Å². The van der Waals surface area contributed by atoms with Gasteiger partial charge < -0.3 is 5.32 Å². The third-order valence-electron chi connectivity index (χ3n) is 3.78. The second-order valence-electron chi connectivity index (χ2n) is 5.53. The highest BCUT2D eigenvalue weighted by molar-refractivity contribution is 6.33. The Kier molecular flexibility index (Phi) is 4.86. The number of nitrogens with one attached hydrogen (secondary N) is 1. The van der Waals surface area contributed by atoms with Crippen LogP contribution in [-0.4, -0.2) is 20.3 Å². The standard InChI is InChI=1S/C17H14ClF3N4O/c1-2-13-14(16(26)23-8-11-5-3-4-6-22-11)25-9-10(17(19,20)21)7-12(18)15(25)24-13/h3-7,9H,2,8H2,1H3,(H,23,26). The summed E-state index contributed by atoms with van der Waals surface area (Å²) in [5.74, 6) is -0.546. The quantitative estimate of drug-likeness (QED) is 0.744. The molecule has 0 saturated heterocycles. The average Bonchev–Trinajstić information content (AvgIpc) is 2.99. The number of pyridine rings is 2. The predicted octanol–water partition coefficient (Wildman–Crippen LogP) is 3.89. The van der Waals surface area contributed by atoms with Crippen molar-refractivity contribution < 1.29 is 18.0 Å². The number of aromatic nitrogens is 3. The van der Waals surface area contributed by atoms with E-state index in [9.17, 15) is 18.0 Å². The Morgan fingerprint density at radius 1 is 1.35 bits per heavy atom. The van der Waals surface area contributed by atoms with Crippen molar-refractivity contribution in [3.05, 3.63) is 64.3 Å². The van der Waals surface area contributed by atoms with E-state index in [0.29, 0.717) is 17.8 Å². The van der Waals surface area contributed by atoms with Crippen molar-refractivity contribution in [1.29, 1.82) is 0 Å². The highest BCUT2D eigenvalue weighted by Crippen LogP contribution is 2.33. The molecule has 0 fully saturated rings. The summed E-state index contributed by atoms with van der Waals surface area (Å²) in [6.45, 7) is 1.90. The first kappa shape index (κ1) is 18.2. The number of carbonyl (C=O) groups is 1. The lowest BCUT2D eigenvalue weighted by Crippen LogP contribution is -2.26. The summed E-state index contributed by atoms with van der Waals surface area (Å²) >= 11 is 5.96. The molecule has 0 bridgehead atoms. The van der Waals surface area contributed by atoms with Crippen LogP contribution in [0.25, 0.3) is 5.65 Å². The van der Waals surface area contributed by atoms with E-state index < -0.39 is 17.6 Å². The van der Waals surface area contributed by atoms with E-state index in [4.69, 9.17) is 11.6 Å². The molecule has 0 spiro atoms. The number of nitrogens with zero attached hydrogens (tertiary/aromatic N) is 3. The number of halogens is 4. The van der Waals surface area contributed by atoms with Gasteiger partial charge in [0.1, 0.15) is 5.69 Å². The van der Waals surface area contributed by atoms with Gasteiger partial charge in [0, 0.05) is 12.4 Å². The normalized spacial score (nSPS) is 11.7. The molecule has 9 heteroatoms. The van der Waals surface area contributed by atoms with E-state index in [2.05, 4.69) is 15.3 Å². The van der Waals surface area contributed by atoms with Crippen molar-refractivity contribution >= 4 is 23.2 Å². The van der Waals surface area contributed by atoms with E-state index in [1.54, 1.807) is 31.3 Å². The summed E-state index contributed by atoms with van der Waals surface area (Å²) < 4.78 is 40.4. The molecule has 1 amide bonds. The third-order valence-corrected chi connectivity index (χ3v) is 4.06. The largest absolute Gasteiger partial charge is 0.417 e. The van der Waals surface area contributed by atoms with Crippen LogP contribution < -0.4 is 5.32 Å². The molecule has 3 heterocycles. The highest BCUT2D eigenvalue weighted by atomic mass is 35.5. The fraction of sp³-hybridized carbons (Fsp3) is 0.235. The lowest BCUT2D eigenvalue weighted by atomic mass is 10.2. The first-order chi connectivity index (χ1) is 12.3. The molecule has 0 aromatic carbocycles. The molecule has 0 saturated carbocycles. The molecule has 0 aliphatic carbocycles. The number of amides is 1. The minimum atomic E-state index is -4.59. The van der Waals surface area contributed by atoms with Gasteiger partial charge in [0.2, 0.25) is 0 Å². The summed E-state index contributed by atoms with van der Waals surface area (Å²) in [4.78, 5) is 20.9. The van der Waals surface area contributed by atoms with Crippen molar-refractivity contribution in [3.63, 3.8) is 0 Å². The third kappa shape index (κ3) is 3.50. The Bertz CT molecular complexity index is 954. The lowest BCUT2D eigenvalue weighted by molar-refractivity contribution is -0.137. The van der Waals surface area contributed by atoms with Gasteiger partial charge in [0.05, 0.1) is 28.5 Å². The number of rotatable bonds is 4. The van der Waals surface area contributed by atoms with Gasteiger partial charge in [-0.1, -0.05) is 24.6 Å². The molecule has 3 aromatic heterocycles. The van der Waals surface area contributed by atoms with E-state index >= 15 is 0 Å². The molecular formula is C17H14ClF3N4O. The van der Waals surface area contributed by atoms with Gasteiger partial charge in [-0.3, -0.25) is 14.2 Å². The Morgan fingerprint density at radius 3 is 2.73 bits per heavy atom. The molecule has 3 aromatic rings. The van der Waals surface area contributed by atoms with Crippen LogP contribution in [0.4, 0.5) is 13.2 Å². The van der Waals surface area contributed by atoms with Crippen LogP contribution in [0, 0.1) is 0 Å². The smallest absolute Gasteiger partial charge is 0.345 e. The van der Waals surface area contributed by atoms with Crippen molar-refractivity contribution in [2.24, 2.45) is 0 Å². The molecule has 26 heavy (non-hydrogen) atoms. The van der Waals surface area contributed by atoms with Crippen LogP contribution in [0.3, 0.4) is 0 Å². The lowest BCUT2D eigenvalue weighted by Gasteiger charge is -2.10. The van der Waals surface area contributed by atoms with Crippen LogP contribution in [0.1, 0.15) is 34.4 Å². The Hall–Kier alpha value is -2.61. The molecule has 1 N–H and O–H groups in total. The highest BCUT2D eigenvalue weighted by Gasteiger charge is 2.33. The maximum absolute atomic E-state index is 13.1. The molecule has 0 aliphatic rings. The summed E-state index contributed by atoms with van der Waals surface area (Å²) in [6.07, 6.45) is -1.80. The van der Waals surface area contributed by atoms with Crippen LogP contribution in [0.5, 0.6) is 0 Å². The molecule has 0 radical (unpaired) electrons. The van der Waals surface area contributed by atoms with Crippen molar-refractivity contribution in [2.75, 3.05) is 0 Å². The number of imidazole rings is 1. The second-order valence-corrected chi connectivity index (χ2v) is 5.94. The number of hydrogen-bond acceptors (Lipinski definition) is 3. The SMILES string of the molecule is CCc1nc2c(Cl)cc(C(F)(F)F)cn2c1C(=O)NCc1ccccn1. The van der Waals surface area contributed by atoms with Crippen LogP contribution in [-0.2, 0) is 19.1 Å². The van der Waals surface area contributed by atoms with E-state index in [1.807, 2.05) is 0 Å². The fourth-order valence-electron chi connectivity index (χ4n) is 2.55. The molecule has 0 aliphatic heterocycles. The molecule has 136 valence electrons. The zero-order chi connectivity index (χ0) is 18.9. The summed E-state index contributed by atoms with van der Waals surface area (Å²) in [7, 11) is 0. The monoisotopic (exact) mass is 382 g/mol. The molecule has 3 rings (SSSR count). The zero-order valence-corrected chi connectivity index (χ0v) is 14.4. The fourth-order valence-corrected chi connectivity index (χ4v) is 2.80. The molecular weight excluding hydrogens is 369 g/mol. The number of alkyl halides is 3. The van der Waals surface area contributed by atoms with Gasteiger partial charge in [-0.15, -0.1) is 0 Å². The number of aryl methyl sites for hydroxylation is 1. The molecule has 5 nitrogen and oxygen atoms in total. The molecule has 0 unspecified atom stereocenters. The minimum Gasteiger partial charge on any atom is -0.345 e. The minimum absolute atomic E-state index is 0.0337. The van der Waals surface area contributed by atoms with Crippen LogP contribution in [0.2, 0.25) is 5.02 Å². The first-order valence-electron chi connectivity index (χ1n) is 7.77. The van der Waals surface area contributed by atoms with E-state index in [-0.39, 0.29) is 22.9 Å². The van der Waals surface area contributed by atoms with Gasteiger partial charge in [-0.05, 0) is 24.6 Å². The maximum atomic E-state index is 13.1. The predicted molar refractivity (Wildman–Crippen MR) is 90.0 cm³/mol. The van der Waals surface area contributed by atoms with Crippen molar-refractivity contribution in [1.82, 2.24) is 19.7 Å². The van der Waals surface area contributed by atoms with E-state index in [0.717, 1.165) is 16.7 Å². The van der Waals surface area contributed by atoms with Crippen molar-refractivity contribution in [2.45, 2.75) is 26.1 Å². The van der Waals surface area contributed by atoms with Crippen LogP contribution in [0.15, 0.2) is 36.7 Å². The Morgan fingerprint density at radius 2 is 2.12 bits per heavy atom. The summed E-state index contributed by atoms with van der Waals surface area (Å²) in [5, 5.41) is 2.49. The average molecular weight is 383 g/mol. The maximum Gasteiger partial charge on any atom is 0.417 e. The number of fused-ring (bicyclic) bond motifs is 1. The molecule has 0 atom stereocenters. The van der Waals surface area contributed by atoms with Crippen LogP contribution >= 0.6 is 11.6 Å². The Balaban J connectivity index is 2.02. The van der Waals surface area contributed by atoms with E-state index in [1.165, 1.54) is 0 Å². The number of hydrogen-bond donors (Lipinski definition) is 1. The summed E-state index contributed by atoms with van der Waals surface area (Å²) in [6, 6.07) is 6.05. The van der Waals surface area contributed by atoms with Crippen molar-refractivity contribution in [3.8, 4) is 0 Å². The van der Waals surface area contributed by atoms with Gasteiger partial charge in [0.25, 0.3) is 5.91 Å². The van der Waals surface area contributed by atoms with Gasteiger partial charge in [-0.2, -0.15) is 13.2 Å². The van der Waals surface area contributed by atoms with Gasteiger partial charge >= 0.3 is 6.18 Å². The second kappa shape index (κ2) is 6.95. The topological polar surface area (TPSA) is 59.3 Å². The van der Waals surface area contributed by atoms with Gasteiger partial charge in [0.15, 0.2) is 5.65 Å². The Labute approximate surface area is 151 Å². The summed E-state index contributed by atoms with van der Waals surface area (Å²) in [5.41, 5.74) is 0.186. The first-order valence-corrected chi connectivity index (χ1v) is 8.14. The number of carbonyl (C=O) groups excluding carboxylic acids is 1.